The summed E-state index contributed by atoms with van der Waals surface area (Å²) in [6.45, 7) is 1.59. The lowest BCUT2D eigenvalue weighted by molar-refractivity contribution is 0.0719. The molecule has 2 amide bonds. The molecule has 1 aliphatic rings. The van der Waals surface area contributed by atoms with Crippen LogP contribution in [0, 0.1) is 5.82 Å². The zero-order valence-electron chi connectivity index (χ0n) is 16.3. The molecule has 1 saturated heterocycles. The zero-order chi connectivity index (χ0) is 21.9. The summed E-state index contributed by atoms with van der Waals surface area (Å²) >= 11 is 6.21. The van der Waals surface area contributed by atoms with Gasteiger partial charge in [0.15, 0.2) is 0 Å². The fourth-order valence-corrected chi connectivity index (χ4v) is 4.05. The lowest BCUT2D eigenvalue weighted by Crippen LogP contribution is -2.37. The normalized spacial score (nSPS) is 14.9. The van der Waals surface area contributed by atoms with Crippen LogP contribution in [0.4, 0.5) is 10.1 Å². The Bertz CT molecular complexity index is 1060. The van der Waals surface area contributed by atoms with Crippen molar-refractivity contribution >= 4 is 39.1 Å². The van der Waals surface area contributed by atoms with Crippen LogP contribution in [0.1, 0.15) is 27.1 Å². The van der Waals surface area contributed by atoms with Gasteiger partial charge in [0, 0.05) is 37.4 Å². The van der Waals surface area contributed by atoms with E-state index in [4.69, 9.17) is 11.6 Å². The first kappa shape index (κ1) is 22.0. The third-order valence-corrected chi connectivity index (χ3v) is 5.58. The summed E-state index contributed by atoms with van der Waals surface area (Å²) in [4.78, 5) is 28.8. The first-order chi connectivity index (χ1) is 14.1. The van der Waals surface area contributed by atoms with Crippen LogP contribution in [0.3, 0.4) is 0 Å². The van der Waals surface area contributed by atoms with Gasteiger partial charge in [-0.1, -0.05) is 11.6 Å². The number of sulfonamides is 1. The lowest BCUT2D eigenvalue weighted by atomic mass is 10.1. The minimum absolute atomic E-state index is 0.136. The lowest BCUT2D eigenvalue weighted by Gasteiger charge is -2.23. The van der Waals surface area contributed by atoms with E-state index in [2.05, 4.69) is 4.72 Å². The number of amides is 2. The molecule has 30 heavy (non-hydrogen) atoms. The molecule has 1 heterocycles. The smallest absolute Gasteiger partial charge is 0.255 e. The van der Waals surface area contributed by atoms with E-state index < -0.39 is 15.8 Å². The van der Waals surface area contributed by atoms with Crippen LogP contribution in [-0.2, 0) is 10.0 Å². The molecule has 0 saturated carbocycles. The van der Waals surface area contributed by atoms with E-state index in [0.717, 1.165) is 6.26 Å². The number of hydrogen-bond donors (Lipinski definition) is 1. The van der Waals surface area contributed by atoms with E-state index in [9.17, 15) is 22.4 Å². The van der Waals surface area contributed by atoms with Gasteiger partial charge in [0.2, 0.25) is 10.0 Å². The number of halogens is 2. The SMILES string of the molecule is CS(=O)(=O)Nc1ccc(C(=O)N2CCCN(C(=O)c3ccc(F)cc3)CC2)c(Cl)c1. The molecule has 10 heteroatoms. The highest BCUT2D eigenvalue weighted by Gasteiger charge is 2.25. The Morgan fingerprint density at radius 1 is 0.967 bits per heavy atom. The van der Waals surface area contributed by atoms with Gasteiger partial charge >= 0.3 is 0 Å². The van der Waals surface area contributed by atoms with E-state index in [1.807, 2.05) is 0 Å². The van der Waals surface area contributed by atoms with Gasteiger partial charge < -0.3 is 9.80 Å². The molecule has 2 aromatic rings. The first-order valence-corrected chi connectivity index (χ1v) is 11.5. The Balaban J connectivity index is 1.68. The highest BCUT2D eigenvalue weighted by atomic mass is 35.5. The summed E-state index contributed by atoms with van der Waals surface area (Å²) < 4.78 is 38.1. The van der Waals surface area contributed by atoms with Gasteiger partial charge in [0.25, 0.3) is 11.8 Å². The van der Waals surface area contributed by atoms with E-state index in [0.29, 0.717) is 38.2 Å². The second-order valence-electron chi connectivity index (χ2n) is 7.01. The second-order valence-corrected chi connectivity index (χ2v) is 9.17. The fourth-order valence-electron chi connectivity index (χ4n) is 3.24. The van der Waals surface area contributed by atoms with Gasteiger partial charge in [0.1, 0.15) is 5.82 Å². The average molecular weight is 454 g/mol. The molecule has 160 valence electrons. The molecule has 1 aliphatic heterocycles. The monoisotopic (exact) mass is 453 g/mol. The zero-order valence-corrected chi connectivity index (χ0v) is 17.8. The molecule has 2 aromatic carbocycles. The number of rotatable bonds is 4. The van der Waals surface area contributed by atoms with Crippen molar-refractivity contribution in [2.24, 2.45) is 0 Å². The minimum atomic E-state index is -3.45. The van der Waals surface area contributed by atoms with Crippen LogP contribution < -0.4 is 4.72 Å². The number of nitrogens with one attached hydrogen (secondary N) is 1. The molecule has 7 nitrogen and oxygen atoms in total. The summed E-state index contributed by atoms with van der Waals surface area (Å²) in [5, 5.41) is 0.136. The predicted octanol–water partition coefficient (Wildman–Crippen LogP) is 2.84. The number of hydrogen-bond acceptors (Lipinski definition) is 4. The molecule has 0 atom stereocenters. The maximum absolute atomic E-state index is 13.1. The molecule has 0 bridgehead atoms. The Hall–Kier alpha value is -2.65. The molecular formula is C20H21ClFN3O4S. The van der Waals surface area contributed by atoms with Crippen molar-refractivity contribution in [1.82, 2.24) is 9.80 Å². The molecule has 0 unspecified atom stereocenters. The number of carbonyl (C=O) groups is 2. The van der Waals surface area contributed by atoms with Gasteiger partial charge in [-0.25, -0.2) is 12.8 Å². The molecule has 0 aliphatic carbocycles. The average Bonchev–Trinajstić information content (AvgIpc) is 2.92. The van der Waals surface area contributed by atoms with Crippen molar-refractivity contribution < 1.29 is 22.4 Å². The molecule has 0 aromatic heterocycles. The van der Waals surface area contributed by atoms with E-state index in [-0.39, 0.29) is 28.1 Å². The van der Waals surface area contributed by atoms with E-state index >= 15 is 0 Å². The quantitative estimate of drug-likeness (QED) is 0.771. The second kappa shape index (κ2) is 9.01. The number of benzene rings is 2. The van der Waals surface area contributed by atoms with Crippen LogP contribution in [0.25, 0.3) is 0 Å². The molecule has 0 spiro atoms. The first-order valence-electron chi connectivity index (χ1n) is 9.25. The van der Waals surface area contributed by atoms with Gasteiger partial charge in [-0.05, 0) is 48.9 Å². The largest absolute Gasteiger partial charge is 0.337 e. The predicted molar refractivity (Wildman–Crippen MR) is 113 cm³/mol. The highest BCUT2D eigenvalue weighted by Crippen LogP contribution is 2.23. The Morgan fingerprint density at radius 2 is 1.57 bits per heavy atom. The molecule has 3 rings (SSSR count). The summed E-state index contributed by atoms with van der Waals surface area (Å²) in [6.07, 6.45) is 1.61. The van der Waals surface area contributed by atoms with Gasteiger partial charge in [-0.15, -0.1) is 0 Å². The van der Waals surface area contributed by atoms with Crippen LogP contribution in [0.2, 0.25) is 5.02 Å². The fraction of sp³-hybridized carbons (Fsp3) is 0.300. The van der Waals surface area contributed by atoms with Crippen LogP contribution in [0.5, 0.6) is 0 Å². The van der Waals surface area contributed by atoms with Crippen LogP contribution in [-0.4, -0.2) is 62.5 Å². The van der Waals surface area contributed by atoms with Gasteiger partial charge in [-0.3, -0.25) is 14.3 Å². The number of carbonyl (C=O) groups excluding carboxylic acids is 2. The van der Waals surface area contributed by atoms with Crippen molar-refractivity contribution in [2.45, 2.75) is 6.42 Å². The molecule has 0 radical (unpaired) electrons. The summed E-state index contributed by atoms with van der Waals surface area (Å²) in [5.74, 6) is -0.908. The van der Waals surface area contributed by atoms with Crippen LogP contribution >= 0.6 is 11.6 Å². The minimum Gasteiger partial charge on any atom is -0.337 e. The maximum atomic E-state index is 13.1. The topological polar surface area (TPSA) is 86.8 Å². The third-order valence-electron chi connectivity index (χ3n) is 4.66. The Morgan fingerprint density at radius 3 is 2.13 bits per heavy atom. The molecule has 1 N–H and O–H groups in total. The highest BCUT2D eigenvalue weighted by molar-refractivity contribution is 7.92. The van der Waals surface area contributed by atoms with Crippen molar-refractivity contribution in [3.05, 3.63) is 64.4 Å². The number of anilines is 1. The van der Waals surface area contributed by atoms with E-state index in [1.54, 1.807) is 9.80 Å². The van der Waals surface area contributed by atoms with Crippen molar-refractivity contribution in [3.8, 4) is 0 Å². The standard InChI is InChI=1S/C20H21ClFN3O4S/c1-30(28,29)23-16-7-8-17(18(21)13-16)20(27)25-10-2-9-24(11-12-25)19(26)14-3-5-15(22)6-4-14/h3-8,13,23H,2,9-12H2,1H3. The summed E-state index contributed by atoms with van der Waals surface area (Å²) in [6, 6.07) is 9.70. The summed E-state index contributed by atoms with van der Waals surface area (Å²) in [7, 11) is -3.45. The maximum Gasteiger partial charge on any atom is 0.255 e. The third kappa shape index (κ3) is 5.48. The van der Waals surface area contributed by atoms with Gasteiger partial charge in [-0.2, -0.15) is 0 Å². The molecule has 1 fully saturated rings. The van der Waals surface area contributed by atoms with Crippen molar-refractivity contribution in [1.29, 1.82) is 0 Å². The van der Waals surface area contributed by atoms with Crippen molar-refractivity contribution in [3.63, 3.8) is 0 Å². The van der Waals surface area contributed by atoms with Crippen molar-refractivity contribution in [2.75, 3.05) is 37.2 Å². The molecular weight excluding hydrogens is 433 g/mol. The summed E-state index contributed by atoms with van der Waals surface area (Å²) in [5.41, 5.74) is 0.924. The van der Waals surface area contributed by atoms with Gasteiger partial charge in [0.05, 0.1) is 16.8 Å². The Kier molecular flexibility index (Phi) is 6.62. The number of nitrogens with zero attached hydrogens (tertiary/aromatic N) is 2. The van der Waals surface area contributed by atoms with Crippen LogP contribution in [0.15, 0.2) is 42.5 Å². The van der Waals surface area contributed by atoms with E-state index in [1.165, 1.54) is 42.5 Å². The Labute approximate surface area is 179 Å².